The summed E-state index contributed by atoms with van der Waals surface area (Å²) in [5, 5.41) is 0. The molecule has 148 valence electrons. The Kier molecular flexibility index (Phi) is 6.42. The van der Waals surface area contributed by atoms with E-state index in [4.69, 9.17) is 4.74 Å². The zero-order valence-corrected chi connectivity index (χ0v) is 14.8. The highest BCUT2D eigenvalue weighted by molar-refractivity contribution is 7.85. The molecule has 2 rings (SSSR count). The second-order valence-corrected chi connectivity index (χ2v) is 7.24. The van der Waals surface area contributed by atoms with Crippen LogP contribution in [0.2, 0.25) is 0 Å². The van der Waals surface area contributed by atoms with Crippen molar-refractivity contribution in [3.63, 3.8) is 0 Å². The van der Waals surface area contributed by atoms with Crippen LogP contribution < -0.4 is 4.74 Å². The first-order valence-corrected chi connectivity index (χ1v) is 9.41. The zero-order chi connectivity index (χ0) is 20.2. The van der Waals surface area contributed by atoms with E-state index in [2.05, 4.69) is 4.18 Å². The van der Waals surface area contributed by atoms with Crippen molar-refractivity contribution in [2.24, 2.45) is 0 Å². The number of hydrogen-bond donors (Lipinski definition) is 0. The van der Waals surface area contributed by atoms with Crippen molar-refractivity contribution in [3.05, 3.63) is 65.2 Å². The molecule has 1 unspecified atom stereocenters. The van der Waals surface area contributed by atoms with E-state index >= 15 is 0 Å². The molecule has 0 bridgehead atoms. The molecule has 0 saturated carbocycles. The Morgan fingerprint density at radius 2 is 1.74 bits per heavy atom. The number of hydrogen-bond acceptors (Lipinski definition) is 4. The van der Waals surface area contributed by atoms with Gasteiger partial charge in [0.05, 0.1) is 18.4 Å². The summed E-state index contributed by atoms with van der Waals surface area (Å²) in [6.07, 6.45) is -5.23. The highest BCUT2D eigenvalue weighted by Gasteiger charge is 2.31. The van der Waals surface area contributed by atoms with E-state index in [1.54, 1.807) is 0 Å². The van der Waals surface area contributed by atoms with Crippen LogP contribution in [-0.4, -0.2) is 21.3 Å². The van der Waals surface area contributed by atoms with Crippen LogP contribution in [0.4, 0.5) is 22.0 Å². The summed E-state index contributed by atoms with van der Waals surface area (Å²) < 4.78 is 98.0. The Balaban J connectivity index is 2.33. The molecular weight excluding hydrogens is 395 g/mol. The van der Waals surface area contributed by atoms with E-state index in [1.165, 1.54) is 12.1 Å². The average Bonchev–Trinajstić information content (AvgIpc) is 2.56. The molecule has 2 aromatic carbocycles. The van der Waals surface area contributed by atoms with Crippen LogP contribution >= 0.6 is 0 Å². The largest absolute Gasteiger partial charge is 0.482 e. The summed E-state index contributed by atoms with van der Waals surface area (Å²) in [7, 11) is -3.79. The van der Waals surface area contributed by atoms with Gasteiger partial charge in [0.2, 0.25) is 5.82 Å². The fraction of sp³-hybridized carbons (Fsp3) is 0.294. The van der Waals surface area contributed by atoms with Crippen molar-refractivity contribution in [3.8, 4) is 5.75 Å². The maximum Gasteiger partial charge on any atom is 0.416 e. The van der Waals surface area contributed by atoms with Gasteiger partial charge in [0.25, 0.3) is 10.1 Å². The van der Waals surface area contributed by atoms with Crippen molar-refractivity contribution in [2.75, 3.05) is 12.9 Å². The first-order chi connectivity index (χ1) is 12.5. The van der Waals surface area contributed by atoms with Gasteiger partial charge in [-0.15, -0.1) is 0 Å². The van der Waals surface area contributed by atoms with Gasteiger partial charge in [-0.25, -0.2) is 4.39 Å². The van der Waals surface area contributed by atoms with Gasteiger partial charge in [0, 0.05) is 6.42 Å². The fourth-order valence-corrected chi connectivity index (χ4v) is 2.64. The van der Waals surface area contributed by atoms with Crippen molar-refractivity contribution >= 4 is 10.1 Å². The quantitative estimate of drug-likeness (QED) is 0.499. The third kappa shape index (κ3) is 6.17. The molecule has 0 N–H and O–H groups in total. The smallest absolute Gasteiger partial charge is 0.416 e. The molecule has 0 aliphatic heterocycles. The van der Waals surface area contributed by atoms with Gasteiger partial charge in [-0.2, -0.15) is 26.0 Å². The van der Waals surface area contributed by atoms with Crippen LogP contribution in [-0.2, 0) is 20.5 Å². The molecule has 0 fully saturated rings. The van der Waals surface area contributed by atoms with Crippen molar-refractivity contribution in [2.45, 2.75) is 18.7 Å². The number of ether oxygens (including phenoxy) is 1. The minimum Gasteiger partial charge on any atom is -0.482 e. The summed E-state index contributed by atoms with van der Waals surface area (Å²) in [5.74, 6) is -3.02. The number of rotatable bonds is 7. The third-order valence-corrected chi connectivity index (χ3v) is 4.04. The normalized spacial score (nSPS) is 13.4. The molecule has 2 aromatic rings. The van der Waals surface area contributed by atoms with Crippen LogP contribution in [0.25, 0.3) is 0 Å². The zero-order valence-electron chi connectivity index (χ0n) is 14.0. The monoisotopic (exact) mass is 410 g/mol. The lowest BCUT2D eigenvalue weighted by Crippen LogP contribution is -2.15. The van der Waals surface area contributed by atoms with Gasteiger partial charge in [-0.1, -0.05) is 18.2 Å². The van der Waals surface area contributed by atoms with Gasteiger partial charge < -0.3 is 4.74 Å². The summed E-state index contributed by atoms with van der Waals surface area (Å²) in [5.41, 5.74) is -0.956. The molecule has 0 amide bonds. The Bertz CT molecular complexity index is 896. The molecule has 0 spiro atoms. The standard InChI is InChI=1S/C17H15F5O4S/c1-27(23,24)25-9-8-14(26-15-7-3-6-13(18)16(15)19)11-4-2-5-12(10-11)17(20,21)22/h2-7,10,14H,8-9H2,1H3. The maximum absolute atomic E-state index is 13.9. The van der Waals surface area contributed by atoms with Gasteiger partial charge in [0.15, 0.2) is 11.6 Å². The van der Waals surface area contributed by atoms with E-state index in [0.29, 0.717) is 0 Å². The Hall–Kier alpha value is -2.20. The van der Waals surface area contributed by atoms with Crippen LogP contribution in [0.3, 0.4) is 0 Å². The predicted octanol–water partition coefficient (Wildman–Crippen LogP) is 4.47. The summed E-state index contributed by atoms with van der Waals surface area (Å²) in [6, 6.07) is 7.21. The summed E-state index contributed by atoms with van der Waals surface area (Å²) >= 11 is 0. The van der Waals surface area contributed by atoms with E-state index in [9.17, 15) is 30.4 Å². The van der Waals surface area contributed by atoms with E-state index in [1.807, 2.05) is 0 Å². The highest BCUT2D eigenvalue weighted by atomic mass is 32.2. The first-order valence-electron chi connectivity index (χ1n) is 7.59. The molecule has 1 atom stereocenters. The SMILES string of the molecule is CS(=O)(=O)OCCC(Oc1cccc(F)c1F)c1cccc(C(F)(F)F)c1. The number of halogens is 5. The summed E-state index contributed by atoms with van der Waals surface area (Å²) in [6.45, 7) is -0.420. The topological polar surface area (TPSA) is 52.6 Å². The van der Waals surface area contributed by atoms with E-state index in [-0.39, 0.29) is 12.0 Å². The van der Waals surface area contributed by atoms with Crippen molar-refractivity contribution < 1.29 is 39.3 Å². The highest BCUT2D eigenvalue weighted by Crippen LogP contribution is 2.33. The van der Waals surface area contributed by atoms with E-state index < -0.39 is 52.0 Å². The lowest BCUT2D eigenvalue weighted by atomic mass is 10.0. The molecule has 0 aliphatic carbocycles. The van der Waals surface area contributed by atoms with Gasteiger partial charge >= 0.3 is 6.18 Å². The molecule has 0 saturated heterocycles. The van der Waals surface area contributed by atoms with Gasteiger partial charge in [-0.05, 0) is 29.8 Å². The first kappa shape index (κ1) is 21.1. The maximum atomic E-state index is 13.9. The second kappa shape index (κ2) is 8.22. The van der Waals surface area contributed by atoms with Gasteiger partial charge in [-0.3, -0.25) is 4.18 Å². The Morgan fingerprint density at radius 3 is 2.37 bits per heavy atom. The molecule has 10 heteroatoms. The van der Waals surface area contributed by atoms with Crippen molar-refractivity contribution in [1.82, 2.24) is 0 Å². The molecule has 4 nitrogen and oxygen atoms in total. The molecule has 27 heavy (non-hydrogen) atoms. The Labute approximate surface area is 152 Å². The Morgan fingerprint density at radius 1 is 1.07 bits per heavy atom. The lowest BCUT2D eigenvalue weighted by molar-refractivity contribution is -0.137. The third-order valence-electron chi connectivity index (χ3n) is 3.45. The van der Waals surface area contributed by atoms with Gasteiger partial charge in [0.1, 0.15) is 6.10 Å². The van der Waals surface area contributed by atoms with Crippen molar-refractivity contribution in [1.29, 1.82) is 0 Å². The number of benzene rings is 2. The average molecular weight is 410 g/mol. The van der Waals surface area contributed by atoms with E-state index in [0.717, 1.165) is 36.6 Å². The molecule has 0 aliphatic rings. The minimum absolute atomic E-state index is 0.00517. The molecular formula is C17H15F5O4S. The lowest BCUT2D eigenvalue weighted by Gasteiger charge is -2.21. The van der Waals surface area contributed by atoms with Crippen LogP contribution in [0.1, 0.15) is 23.7 Å². The second-order valence-electron chi connectivity index (χ2n) is 5.60. The van der Waals surface area contributed by atoms with Crippen LogP contribution in [0.5, 0.6) is 5.75 Å². The molecule has 0 radical (unpaired) electrons. The fourth-order valence-electron chi connectivity index (χ4n) is 2.24. The predicted molar refractivity (Wildman–Crippen MR) is 86.6 cm³/mol. The summed E-state index contributed by atoms with van der Waals surface area (Å²) in [4.78, 5) is 0. The van der Waals surface area contributed by atoms with Crippen LogP contribution in [0.15, 0.2) is 42.5 Å². The molecule has 0 heterocycles. The number of alkyl halides is 3. The molecule has 0 aromatic heterocycles. The minimum atomic E-state index is -4.62. The van der Waals surface area contributed by atoms with Crippen LogP contribution in [0, 0.1) is 11.6 Å².